The van der Waals surface area contributed by atoms with E-state index >= 15 is 0 Å². The predicted molar refractivity (Wildman–Crippen MR) is 118 cm³/mol. The summed E-state index contributed by atoms with van der Waals surface area (Å²) in [6.45, 7) is 12.8. The number of amides is 1. The molecule has 5 heteroatoms. The highest BCUT2D eigenvalue weighted by molar-refractivity contribution is 5.78. The molecule has 0 aromatic heterocycles. The maximum Gasteiger partial charge on any atom is 0.260 e. The van der Waals surface area contributed by atoms with Crippen LogP contribution in [0.4, 0.5) is 4.39 Å². The van der Waals surface area contributed by atoms with Crippen molar-refractivity contribution in [2.45, 2.75) is 59.2 Å². The first-order valence-corrected chi connectivity index (χ1v) is 10.7. The monoisotopic (exact) mass is 412 g/mol. The summed E-state index contributed by atoms with van der Waals surface area (Å²) in [5, 5.41) is 0. The number of hydrogen-bond acceptors (Lipinski definition) is 3. The second kappa shape index (κ2) is 9.61. The van der Waals surface area contributed by atoms with Gasteiger partial charge in [0.2, 0.25) is 0 Å². The molecule has 162 valence electrons. The topological polar surface area (TPSA) is 32.8 Å². The van der Waals surface area contributed by atoms with E-state index in [1.165, 1.54) is 17.7 Å². The summed E-state index contributed by atoms with van der Waals surface area (Å²) in [7, 11) is 0. The SMILES string of the molecule is Cc1cc(OCC(=O)N2C[C@@H](C)N(Cc3ccc(F)cc3)C[C@@H]2C)cc(C(C)C)c1. The molecule has 1 aliphatic rings. The number of hydrogen-bond donors (Lipinski definition) is 0. The lowest BCUT2D eigenvalue weighted by molar-refractivity contribution is -0.139. The average molecular weight is 413 g/mol. The normalized spacial score (nSPS) is 19.9. The Morgan fingerprint density at radius 3 is 2.47 bits per heavy atom. The van der Waals surface area contributed by atoms with Crippen molar-refractivity contribution in [3.8, 4) is 5.75 Å². The third-order valence-electron chi connectivity index (χ3n) is 5.84. The van der Waals surface area contributed by atoms with Crippen LogP contribution in [0.2, 0.25) is 0 Å². The zero-order chi connectivity index (χ0) is 21.8. The summed E-state index contributed by atoms with van der Waals surface area (Å²) < 4.78 is 19.0. The molecule has 0 spiro atoms. The number of benzene rings is 2. The van der Waals surface area contributed by atoms with Gasteiger partial charge < -0.3 is 9.64 Å². The highest BCUT2D eigenvalue weighted by Crippen LogP contribution is 2.23. The molecular formula is C25H33FN2O2. The fourth-order valence-electron chi connectivity index (χ4n) is 4.01. The number of carbonyl (C=O) groups is 1. The molecule has 1 fully saturated rings. The molecule has 0 aliphatic carbocycles. The van der Waals surface area contributed by atoms with Crippen LogP contribution in [-0.2, 0) is 11.3 Å². The van der Waals surface area contributed by atoms with Gasteiger partial charge in [0.1, 0.15) is 11.6 Å². The summed E-state index contributed by atoms with van der Waals surface area (Å²) in [5.41, 5.74) is 3.44. The molecule has 1 amide bonds. The summed E-state index contributed by atoms with van der Waals surface area (Å²) in [5.74, 6) is 0.966. The maximum absolute atomic E-state index is 13.2. The molecule has 1 saturated heterocycles. The smallest absolute Gasteiger partial charge is 0.260 e. The van der Waals surface area contributed by atoms with Crippen molar-refractivity contribution >= 4 is 5.91 Å². The number of carbonyl (C=O) groups excluding carboxylic acids is 1. The second-order valence-electron chi connectivity index (χ2n) is 8.82. The Morgan fingerprint density at radius 1 is 1.10 bits per heavy atom. The molecule has 0 radical (unpaired) electrons. The molecule has 0 N–H and O–H groups in total. The van der Waals surface area contributed by atoms with Gasteiger partial charge in [0.15, 0.2) is 6.61 Å². The highest BCUT2D eigenvalue weighted by atomic mass is 19.1. The quantitative estimate of drug-likeness (QED) is 0.686. The average Bonchev–Trinajstić information content (AvgIpc) is 2.70. The van der Waals surface area contributed by atoms with Crippen molar-refractivity contribution in [1.82, 2.24) is 9.80 Å². The van der Waals surface area contributed by atoms with Crippen LogP contribution >= 0.6 is 0 Å². The van der Waals surface area contributed by atoms with E-state index < -0.39 is 0 Å². The molecule has 1 aliphatic heterocycles. The number of ether oxygens (including phenoxy) is 1. The number of rotatable bonds is 6. The van der Waals surface area contributed by atoms with Gasteiger partial charge in [0.05, 0.1) is 0 Å². The molecule has 3 rings (SSSR count). The molecule has 0 saturated carbocycles. The fourth-order valence-corrected chi connectivity index (χ4v) is 4.01. The van der Waals surface area contributed by atoms with Crippen LogP contribution in [0.1, 0.15) is 50.3 Å². The summed E-state index contributed by atoms with van der Waals surface area (Å²) in [4.78, 5) is 17.1. The maximum atomic E-state index is 13.2. The van der Waals surface area contributed by atoms with Crippen LogP contribution in [0.15, 0.2) is 42.5 Å². The van der Waals surface area contributed by atoms with Gasteiger partial charge in [-0.1, -0.05) is 32.0 Å². The second-order valence-corrected chi connectivity index (χ2v) is 8.82. The number of aryl methyl sites for hydroxylation is 1. The Morgan fingerprint density at radius 2 is 1.80 bits per heavy atom. The minimum Gasteiger partial charge on any atom is -0.484 e. The third-order valence-corrected chi connectivity index (χ3v) is 5.84. The number of piperazine rings is 1. The van der Waals surface area contributed by atoms with E-state index in [0.717, 1.165) is 30.0 Å². The highest BCUT2D eigenvalue weighted by Gasteiger charge is 2.32. The molecule has 30 heavy (non-hydrogen) atoms. The summed E-state index contributed by atoms with van der Waals surface area (Å²) >= 11 is 0. The van der Waals surface area contributed by atoms with E-state index in [-0.39, 0.29) is 30.4 Å². The third kappa shape index (κ3) is 5.60. The first kappa shape index (κ1) is 22.3. The van der Waals surface area contributed by atoms with Crippen molar-refractivity contribution in [1.29, 1.82) is 0 Å². The Bertz CT molecular complexity index is 866. The number of nitrogens with zero attached hydrogens (tertiary/aromatic N) is 2. The van der Waals surface area contributed by atoms with Gasteiger partial charge in [-0.3, -0.25) is 9.69 Å². The van der Waals surface area contributed by atoms with Crippen LogP contribution < -0.4 is 4.74 Å². The minimum absolute atomic E-state index is 0.0170. The van der Waals surface area contributed by atoms with Gasteiger partial charge in [-0.15, -0.1) is 0 Å². The molecule has 0 unspecified atom stereocenters. The number of halogens is 1. The molecule has 4 nitrogen and oxygen atoms in total. The molecule has 1 heterocycles. The molecule has 2 atom stereocenters. The lowest BCUT2D eigenvalue weighted by atomic mass is 10.0. The largest absolute Gasteiger partial charge is 0.484 e. The van der Waals surface area contributed by atoms with Crippen molar-refractivity contribution in [3.05, 3.63) is 65.0 Å². The lowest BCUT2D eigenvalue weighted by Crippen LogP contribution is -2.58. The fraction of sp³-hybridized carbons (Fsp3) is 0.480. The molecule has 2 aromatic rings. The molecule has 2 aromatic carbocycles. The van der Waals surface area contributed by atoms with Crippen LogP contribution in [-0.4, -0.2) is 47.5 Å². The summed E-state index contributed by atoms with van der Waals surface area (Å²) in [6.07, 6.45) is 0. The Balaban J connectivity index is 1.58. The molecular weight excluding hydrogens is 379 g/mol. The van der Waals surface area contributed by atoms with Crippen molar-refractivity contribution < 1.29 is 13.9 Å². The van der Waals surface area contributed by atoms with Crippen molar-refractivity contribution in [2.24, 2.45) is 0 Å². The summed E-state index contributed by atoms with van der Waals surface area (Å²) in [6, 6.07) is 13.1. The van der Waals surface area contributed by atoms with E-state index in [4.69, 9.17) is 4.74 Å². The first-order chi connectivity index (χ1) is 14.2. The van der Waals surface area contributed by atoms with E-state index in [2.05, 4.69) is 38.7 Å². The van der Waals surface area contributed by atoms with Crippen LogP contribution in [0.3, 0.4) is 0 Å². The van der Waals surface area contributed by atoms with E-state index in [1.54, 1.807) is 0 Å². The lowest BCUT2D eigenvalue weighted by Gasteiger charge is -2.44. The van der Waals surface area contributed by atoms with Gasteiger partial charge in [-0.25, -0.2) is 4.39 Å². The van der Waals surface area contributed by atoms with Crippen LogP contribution in [0.5, 0.6) is 5.75 Å². The predicted octanol–water partition coefficient (Wildman–Crippen LogP) is 4.76. The minimum atomic E-state index is -0.218. The van der Waals surface area contributed by atoms with Gasteiger partial charge in [-0.05, 0) is 67.6 Å². The van der Waals surface area contributed by atoms with Gasteiger partial charge >= 0.3 is 0 Å². The van der Waals surface area contributed by atoms with Crippen LogP contribution in [0.25, 0.3) is 0 Å². The van der Waals surface area contributed by atoms with E-state index in [0.29, 0.717) is 12.5 Å². The van der Waals surface area contributed by atoms with Crippen LogP contribution in [0, 0.1) is 12.7 Å². The van der Waals surface area contributed by atoms with Gasteiger partial charge in [0.25, 0.3) is 5.91 Å². The van der Waals surface area contributed by atoms with E-state index in [9.17, 15) is 9.18 Å². The first-order valence-electron chi connectivity index (χ1n) is 10.7. The van der Waals surface area contributed by atoms with Crippen molar-refractivity contribution in [2.75, 3.05) is 19.7 Å². The zero-order valence-electron chi connectivity index (χ0n) is 18.7. The van der Waals surface area contributed by atoms with Gasteiger partial charge in [-0.2, -0.15) is 0 Å². The van der Waals surface area contributed by atoms with Gasteiger partial charge in [0, 0.05) is 31.7 Å². The Kier molecular flexibility index (Phi) is 7.14. The Hall–Kier alpha value is -2.40. The van der Waals surface area contributed by atoms with E-state index in [1.807, 2.05) is 36.1 Å². The zero-order valence-corrected chi connectivity index (χ0v) is 18.7. The Labute approximate surface area is 179 Å². The molecule has 0 bridgehead atoms. The van der Waals surface area contributed by atoms with Crippen molar-refractivity contribution in [3.63, 3.8) is 0 Å². The standard InChI is InChI=1S/C25H33FN2O2/c1-17(2)22-10-18(3)11-24(12-22)30-16-25(29)28-14-19(4)27(13-20(28)5)15-21-6-8-23(26)9-7-21/h6-12,17,19-20H,13-16H2,1-5H3/t19-,20+/m1/s1.